The fourth-order valence-electron chi connectivity index (χ4n) is 2.71. The lowest BCUT2D eigenvalue weighted by molar-refractivity contribution is 0.326. The molecule has 1 heterocycles. The fourth-order valence-corrected chi connectivity index (χ4v) is 3.34. The summed E-state index contributed by atoms with van der Waals surface area (Å²) in [5, 5.41) is 3.50. The van der Waals surface area contributed by atoms with Crippen molar-refractivity contribution in [3.63, 3.8) is 0 Å². The first-order valence-electron chi connectivity index (χ1n) is 6.83. The Bertz CT molecular complexity index is 549. The number of hydrogen-bond donors (Lipinski definition) is 1. The largest absolute Gasteiger partial charge is 0.381 e. The van der Waals surface area contributed by atoms with Gasteiger partial charge in [-0.25, -0.2) is 8.42 Å². The number of nitrogens with zero attached hydrogens (tertiary/aromatic N) is 1. The molecule has 0 amide bonds. The standard InChI is InChI=1S/C14H20N2O2S/c1-19(17,18)14-6-2-11(3-7-14)15-12-8-9-16(10-12)13-4-5-13/h2-3,6-7,12-13,15H,4-5,8-10H2,1H3. The summed E-state index contributed by atoms with van der Waals surface area (Å²) in [7, 11) is -3.09. The molecule has 0 bridgehead atoms. The van der Waals surface area contributed by atoms with E-state index in [0.717, 1.165) is 18.3 Å². The Labute approximate surface area is 114 Å². The van der Waals surface area contributed by atoms with Gasteiger partial charge in [0.05, 0.1) is 4.90 Å². The summed E-state index contributed by atoms with van der Waals surface area (Å²) in [5.74, 6) is 0. The zero-order valence-corrected chi connectivity index (χ0v) is 12.0. The number of anilines is 1. The molecule has 1 atom stereocenters. The van der Waals surface area contributed by atoms with Gasteiger partial charge in [0.1, 0.15) is 0 Å². The van der Waals surface area contributed by atoms with E-state index in [2.05, 4.69) is 10.2 Å². The maximum absolute atomic E-state index is 11.4. The molecule has 1 saturated carbocycles. The van der Waals surface area contributed by atoms with Crippen LogP contribution in [-0.4, -0.2) is 44.7 Å². The second-order valence-electron chi connectivity index (χ2n) is 5.65. The minimum atomic E-state index is -3.09. The minimum Gasteiger partial charge on any atom is -0.381 e. The number of hydrogen-bond acceptors (Lipinski definition) is 4. The van der Waals surface area contributed by atoms with Crippen molar-refractivity contribution in [1.29, 1.82) is 0 Å². The van der Waals surface area contributed by atoms with Gasteiger partial charge in [0.25, 0.3) is 0 Å². The van der Waals surface area contributed by atoms with Crippen LogP contribution in [0.15, 0.2) is 29.2 Å². The molecule has 3 rings (SSSR count). The third-order valence-corrected chi connectivity index (χ3v) is 5.06. The molecule has 1 aromatic carbocycles. The molecular formula is C14H20N2O2S. The van der Waals surface area contributed by atoms with Crippen LogP contribution in [0, 0.1) is 0 Å². The number of rotatable bonds is 4. The van der Waals surface area contributed by atoms with Crippen molar-refractivity contribution in [3.8, 4) is 0 Å². The molecule has 5 heteroatoms. The second kappa shape index (κ2) is 4.80. The van der Waals surface area contributed by atoms with Gasteiger partial charge in [-0.05, 0) is 43.5 Å². The molecule has 0 spiro atoms. The molecule has 1 aliphatic heterocycles. The first-order valence-corrected chi connectivity index (χ1v) is 8.72. The maximum atomic E-state index is 11.4. The van der Waals surface area contributed by atoms with Gasteiger partial charge < -0.3 is 5.32 Å². The quantitative estimate of drug-likeness (QED) is 0.912. The molecule has 2 aliphatic rings. The summed E-state index contributed by atoms with van der Waals surface area (Å²) in [6, 6.07) is 8.38. The van der Waals surface area contributed by atoms with Crippen molar-refractivity contribution < 1.29 is 8.42 Å². The highest BCUT2D eigenvalue weighted by atomic mass is 32.2. The van der Waals surface area contributed by atoms with Crippen molar-refractivity contribution in [2.45, 2.75) is 36.2 Å². The van der Waals surface area contributed by atoms with E-state index in [1.165, 1.54) is 32.1 Å². The molecule has 19 heavy (non-hydrogen) atoms. The monoisotopic (exact) mass is 280 g/mol. The Hall–Kier alpha value is -1.07. The van der Waals surface area contributed by atoms with Gasteiger partial charge >= 0.3 is 0 Å². The predicted molar refractivity (Wildman–Crippen MR) is 76.2 cm³/mol. The van der Waals surface area contributed by atoms with Gasteiger partial charge in [0.15, 0.2) is 9.84 Å². The number of sulfone groups is 1. The highest BCUT2D eigenvalue weighted by Crippen LogP contribution is 2.30. The average molecular weight is 280 g/mol. The van der Waals surface area contributed by atoms with Crippen LogP contribution in [0.1, 0.15) is 19.3 Å². The van der Waals surface area contributed by atoms with Crippen LogP contribution >= 0.6 is 0 Å². The lowest BCUT2D eigenvalue weighted by atomic mass is 10.2. The van der Waals surface area contributed by atoms with Gasteiger partial charge in [-0.2, -0.15) is 0 Å². The van der Waals surface area contributed by atoms with Crippen molar-refractivity contribution in [2.75, 3.05) is 24.7 Å². The van der Waals surface area contributed by atoms with Crippen LogP contribution in [-0.2, 0) is 9.84 Å². The Kier molecular flexibility index (Phi) is 3.27. The molecule has 2 fully saturated rings. The van der Waals surface area contributed by atoms with E-state index in [1.807, 2.05) is 12.1 Å². The highest BCUT2D eigenvalue weighted by molar-refractivity contribution is 7.90. The lowest BCUT2D eigenvalue weighted by Crippen LogP contribution is -2.27. The van der Waals surface area contributed by atoms with Crippen LogP contribution in [0.3, 0.4) is 0 Å². The minimum absolute atomic E-state index is 0.379. The van der Waals surface area contributed by atoms with E-state index in [-0.39, 0.29) is 0 Å². The van der Waals surface area contributed by atoms with E-state index in [4.69, 9.17) is 0 Å². The second-order valence-corrected chi connectivity index (χ2v) is 7.67. The van der Waals surface area contributed by atoms with E-state index in [1.54, 1.807) is 12.1 Å². The Balaban J connectivity index is 1.61. The average Bonchev–Trinajstić information content (AvgIpc) is 3.10. The van der Waals surface area contributed by atoms with Gasteiger partial charge in [-0.3, -0.25) is 4.90 Å². The van der Waals surface area contributed by atoms with Crippen molar-refractivity contribution in [2.24, 2.45) is 0 Å². The van der Waals surface area contributed by atoms with E-state index in [9.17, 15) is 8.42 Å². The van der Waals surface area contributed by atoms with Crippen molar-refractivity contribution in [3.05, 3.63) is 24.3 Å². The van der Waals surface area contributed by atoms with E-state index < -0.39 is 9.84 Å². The molecule has 1 unspecified atom stereocenters. The Morgan fingerprint density at radius 3 is 2.42 bits per heavy atom. The number of benzene rings is 1. The summed E-state index contributed by atoms with van der Waals surface area (Å²) >= 11 is 0. The molecule has 1 N–H and O–H groups in total. The molecule has 4 nitrogen and oxygen atoms in total. The zero-order chi connectivity index (χ0) is 13.5. The molecule has 104 valence electrons. The van der Waals surface area contributed by atoms with Crippen LogP contribution in [0.25, 0.3) is 0 Å². The third-order valence-electron chi connectivity index (χ3n) is 3.94. The SMILES string of the molecule is CS(=O)(=O)c1ccc(NC2CCN(C3CC3)C2)cc1. The smallest absolute Gasteiger partial charge is 0.175 e. The zero-order valence-electron chi connectivity index (χ0n) is 11.2. The maximum Gasteiger partial charge on any atom is 0.175 e. The molecule has 1 aliphatic carbocycles. The van der Waals surface area contributed by atoms with Crippen LogP contribution in [0.2, 0.25) is 0 Å². The predicted octanol–water partition coefficient (Wildman–Crippen LogP) is 1.74. The first-order chi connectivity index (χ1) is 9.02. The molecule has 0 radical (unpaired) electrons. The number of nitrogens with one attached hydrogen (secondary N) is 1. The third kappa shape index (κ3) is 3.09. The molecule has 0 aromatic heterocycles. The van der Waals surface area contributed by atoms with Gasteiger partial charge in [-0.15, -0.1) is 0 Å². The topological polar surface area (TPSA) is 49.4 Å². The van der Waals surface area contributed by atoms with Gasteiger partial charge in [-0.1, -0.05) is 0 Å². The summed E-state index contributed by atoms with van der Waals surface area (Å²) in [4.78, 5) is 2.94. The van der Waals surface area contributed by atoms with Crippen molar-refractivity contribution >= 4 is 15.5 Å². The van der Waals surface area contributed by atoms with Gasteiger partial charge in [0.2, 0.25) is 0 Å². The van der Waals surface area contributed by atoms with Gasteiger partial charge in [0, 0.05) is 37.1 Å². The summed E-state index contributed by atoms with van der Waals surface area (Å²) in [6.07, 6.45) is 5.12. The van der Waals surface area contributed by atoms with Crippen LogP contribution < -0.4 is 5.32 Å². The normalized spacial score (nSPS) is 24.6. The highest BCUT2D eigenvalue weighted by Gasteiger charge is 2.34. The fraction of sp³-hybridized carbons (Fsp3) is 0.571. The van der Waals surface area contributed by atoms with Crippen molar-refractivity contribution in [1.82, 2.24) is 4.90 Å². The first kappa shape index (κ1) is 12.9. The Morgan fingerprint density at radius 1 is 1.16 bits per heavy atom. The van der Waals surface area contributed by atoms with E-state index in [0.29, 0.717) is 10.9 Å². The lowest BCUT2D eigenvalue weighted by Gasteiger charge is -2.16. The Morgan fingerprint density at radius 2 is 1.84 bits per heavy atom. The summed E-state index contributed by atoms with van der Waals surface area (Å²) in [6.45, 7) is 2.29. The van der Waals surface area contributed by atoms with Crippen LogP contribution in [0.5, 0.6) is 0 Å². The van der Waals surface area contributed by atoms with E-state index >= 15 is 0 Å². The van der Waals surface area contributed by atoms with Crippen LogP contribution in [0.4, 0.5) is 5.69 Å². The molecular weight excluding hydrogens is 260 g/mol. The molecule has 1 aromatic rings. The summed E-state index contributed by atoms with van der Waals surface area (Å²) in [5.41, 5.74) is 1.01. The summed E-state index contributed by atoms with van der Waals surface area (Å²) < 4.78 is 22.8. The number of likely N-dealkylation sites (tertiary alicyclic amines) is 1. The molecule has 1 saturated heterocycles.